The number of ether oxygens (including phenoxy) is 1. The van der Waals surface area contributed by atoms with Crippen molar-refractivity contribution in [2.75, 3.05) is 6.61 Å². The van der Waals surface area contributed by atoms with E-state index in [0.29, 0.717) is 11.3 Å². The van der Waals surface area contributed by atoms with Gasteiger partial charge >= 0.3 is 0 Å². The zero-order valence-electron chi connectivity index (χ0n) is 12.2. The number of benzene rings is 2. The van der Waals surface area contributed by atoms with E-state index in [-0.39, 0.29) is 18.2 Å². The van der Waals surface area contributed by atoms with Crippen LogP contribution in [0.1, 0.15) is 22.8 Å². The average molecular weight is 297 g/mol. The molecule has 0 unspecified atom stereocenters. The number of carbonyl (C=O) groups excluding carboxylic acids is 1. The zero-order chi connectivity index (χ0) is 15.5. The first-order valence-electron chi connectivity index (χ1n) is 7.19. The van der Waals surface area contributed by atoms with Crippen LogP contribution in [0, 0.1) is 5.82 Å². The lowest BCUT2D eigenvalue weighted by Crippen LogP contribution is -2.11. The number of aromatic amines is 1. The predicted molar refractivity (Wildman–Crippen MR) is 83.9 cm³/mol. The lowest BCUT2D eigenvalue weighted by atomic mass is 10.1. The molecule has 0 saturated carbocycles. The summed E-state index contributed by atoms with van der Waals surface area (Å²) in [5, 5.41) is 0.896. The molecule has 3 aromatic rings. The third kappa shape index (κ3) is 2.72. The molecule has 0 amide bonds. The van der Waals surface area contributed by atoms with Crippen molar-refractivity contribution in [2.45, 2.75) is 13.3 Å². The molecule has 3 nitrogen and oxygen atoms in total. The largest absolute Gasteiger partial charge is 0.485 e. The van der Waals surface area contributed by atoms with Gasteiger partial charge in [-0.05, 0) is 24.1 Å². The molecule has 0 aliphatic rings. The molecule has 1 aromatic heterocycles. The third-order valence-corrected chi connectivity index (χ3v) is 3.65. The van der Waals surface area contributed by atoms with Crippen LogP contribution in [-0.4, -0.2) is 17.4 Å². The Hall–Kier alpha value is -2.62. The maximum Gasteiger partial charge on any atom is 0.202 e. The number of para-hydroxylation sites is 1. The van der Waals surface area contributed by atoms with Gasteiger partial charge in [0.25, 0.3) is 0 Å². The van der Waals surface area contributed by atoms with Gasteiger partial charge in [-0.3, -0.25) is 4.79 Å². The van der Waals surface area contributed by atoms with Crippen molar-refractivity contribution in [3.8, 4) is 5.75 Å². The molecular formula is C18H16FNO2. The third-order valence-electron chi connectivity index (χ3n) is 3.65. The number of hydrogen-bond donors (Lipinski definition) is 1. The van der Waals surface area contributed by atoms with Gasteiger partial charge in [0.15, 0.2) is 6.61 Å². The molecule has 4 heteroatoms. The highest BCUT2D eigenvalue weighted by molar-refractivity contribution is 6.09. The highest BCUT2D eigenvalue weighted by atomic mass is 19.1. The molecule has 112 valence electrons. The number of fused-ring (bicyclic) bond motifs is 1. The van der Waals surface area contributed by atoms with Crippen molar-refractivity contribution in [3.63, 3.8) is 0 Å². The summed E-state index contributed by atoms with van der Waals surface area (Å²) in [7, 11) is 0. The van der Waals surface area contributed by atoms with Gasteiger partial charge in [0.2, 0.25) is 5.78 Å². The maximum atomic E-state index is 13.1. The number of ketones is 1. The van der Waals surface area contributed by atoms with Crippen molar-refractivity contribution in [3.05, 3.63) is 65.6 Å². The molecule has 2 aromatic carbocycles. The summed E-state index contributed by atoms with van der Waals surface area (Å²) in [6.45, 7) is 1.96. The molecule has 1 heterocycles. The van der Waals surface area contributed by atoms with Crippen LogP contribution in [0.4, 0.5) is 4.39 Å². The number of hydrogen-bond acceptors (Lipinski definition) is 2. The second-order valence-corrected chi connectivity index (χ2v) is 5.06. The Kier molecular flexibility index (Phi) is 3.92. The van der Waals surface area contributed by atoms with Crippen LogP contribution in [0.3, 0.4) is 0 Å². The van der Waals surface area contributed by atoms with E-state index in [1.165, 1.54) is 17.7 Å². The monoisotopic (exact) mass is 297 g/mol. The van der Waals surface area contributed by atoms with Crippen molar-refractivity contribution >= 4 is 16.7 Å². The molecular weight excluding hydrogens is 281 g/mol. The number of aryl methyl sites for hydroxylation is 1. The van der Waals surface area contributed by atoms with Crippen LogP contribution in [0.5, 0.6) is 5.75 Å². The molecule has 0 atom stereocenters. The molecule has 3 rings (SSSR count). The number of H-pyrrole nitrogens is 1. The molecule has 0 aliphatic heterocycles. The van der Waals surface area contributed by atoms with Crippen LogP contribution < -0.4 is 4.74 Å². The Bertz CT molecular complexity index is 823. The molecule has 0 bridgehead atoms. The first-order valence-corrected chi connectivity index (χ1v) is 7.19. The van der Waals surface area contributed by atoms with Crippen LogP contribution in [0.25, 0.3) is 10.9 Å². The normalized spacial score (nSPS) is 10.8. The van der Waals surface area contributed by atoms with E-state index in [9.17, 15) is 9.18 Å². The predicted octanol–water partition coefficient (Wildman–Crippen LogP) is 4.13. The Balaban J connectivity index is 1.81. The summed E-state index contributed by atoms with van der Waals surface area (Å²) >= 11 is 0. The van der Waals surface area contributed by atoms with Gasteiger partial charge in [-0.1, -0.05) is 31.2 Å². The van der Waals surface area contributed by atoms with Crippen molar-refractivity contribution in [1.82, 2.24) is 4.98 Å². The van der Waals surface area contributed by atoms with Crippen LogP contribution in [-0.2, 0) is 6.42 Å². The number of rotatable bonds is 5. The fourth-order valence-corrected chi connectivity index (χ4v) is 2.53. The lowest BCUT2D eigenvalue weighted by Gasteiger charge is -2.05. The number of Topliss-reactive ketones (excluding diaryl/α,β-unsaturated/α-hetero) is 1. The number of carbonyl (C=O) groups is 1. The topological polar surface area (TPSA) is 42.1 Å². The minimum absolute atomic E-state index is 0.118. The van der Waals surface area contributed by atoms with E-state index in [1.807, 2.05) is 18.2 Å². The fraction of sp³-hybridized carbons (Fsp3) is 0.167. The molecule has 0 aliphatic carbocycles. The summed E-state index contributed by atoms with van der Waals surface area (Å²) < 4.78 is 18.5. The maximum absolute atomic E-state index is 13.1. The van der Waals surface area contributed by atoms with Gasteiger partial charge in [0.1, 0.15) is 11.6 Å². The van der Waals surface area contributed by atoms with E-state index in [1.54, 1.807) is 18.3 Å². The van der Waals surface area contributed by atoms with Crippen molar-refractivity contribution in [1.29, 1.82) is 0 Å². The van der Waals surface area contributed by atoms with Gasteiger partial charge < -0.3 is 9.72 Å². The average Bonchev–Trinajstić information content (AvgIpc) is 2.96. The van der Waals surface area contributed by atoms with Gasteiger partial charge in [-0.15, -0.1) is 0 Å². The van der Waals surface area contributed by atoms with Crippen LogP contribution in [0.15, 0.2) is 48.7 Å². The standard InChI is InChI=1S/C18H16FNO2/c1-2-12-5-3-8-15-16(10-20-18(12)15)17(21)11-22-14-7-4-6-13(19)9-14/h3-10,20H,2,11H2,1H3. The second kappa shape index (κ2) is 6.02. The number of halogens is 1. The zero-order valence-corrected chi connectivity index (χ0v) is 12.2. The summed E-state index contributed by atoms with van der Waals surface area (Å²) in [5.41, 5.74) is 2.75. The molecule has 0 spiro atoms. The Labute approximate surface area is 127 Å². The van der Waals surface area contributed by atoms with E-state index in [4.69, 9.17) is 4.74 Å². The molecule has 0 fully saturated rings. The van der Waals surface area contributed by atoms with Gasteiger partial charge in [0, 0.05) is 28.7 Å². The van der Waals surface area contributed by atoms with E-state index < -0.39 is 0 Å². The molecule has 1 N–H and O–H groups in total. The summed E-state index contributed by atoms with van der Waals surface area (Å²) in [4.78, 5) is 15.5. The van der Waals surface area contributed by atoms with Crippen LogP contribution in [0.2, 0.25) is 0 Å². The summed E-state index contributed by atoms with van der Waals surface area (Å²) in [6.07, 6.45) is 2.60. The van der Waals surface area contributed by atoms with Crippen LogP contribution >= 0.6 is 0 Å². The van der Waals surface area contributed by atoms with Crippen molar-refractivity contribution in [2.24, 2.45) is 0 Å². The van der Waals surface area contributed by atoms with E-state index in [2.05, 4.69) is 11.9 Å². The van der Waals surface area contributed by atoms with Crippen molar-refractivity contribution < 1.29 is 13.9 Å². The van der Waals surface area contributed by atoms with Gasteiger partial charge in [-0.25, -0.2) is 4.39 Å². The summed E-state index contributed by atoms with van der Waals surface area (Å²) in [6, 6.07) is 11.7. The quantitative estimate of drug-likeness (QED) is 0.719. The molecule has 0 radical (unpaired) electrons. The minimum Gasteiger partial charge on any atom is -0.485 e. The Morgan fingerprint density at radius 2 is 2.05 bits per heavy atom. The highest BCUT2D eigenvalue weighted by Crippen LogP contribution is 2.23. The first kappa shape index (κ1) is 14.3. The van der Waals surface area contributed by atoms with E-state index >= 15 is 0 Å². The first-order chi connectivity index (χ1) is 10.7. The smallest absolute Gasteiger partial charge is 0.202 e. The van der Waals surface area contributed by atoms with Gasteiger partial charge in [0.05, 0.1) is 0 Å². The van der Waals surface area contributed by atoms with E-state index in [0.717, 1.165) is 17.3 Å². The Morgan fingerprint density at radius 1 is 1.23 bits per heavy atom. The number of aromatic nitrogens is 1. The fourth-order valence-electron chi connectivity index (χ4n) is 2.53. The Morgan fingerprint density at radius 3 is 2.82 bits per heavy atom. The summed E-state index contributed by atoms with van der Waals surface area (Å²) in [5.74, 6) is -0.171. The minimum atomic E-state index is -0.385. The molecule has 22 heavy (non-hydrogen) atoms. The second-order valence-electron chi connectivity index (χ2n) is 5.06. The van der Waals surface area contributed by atoms with Gasteiger partial charge in [-0.2, -0.15) is 0 Å². The molecule has 0 saturated heterocycles. The number of nitrogens with one attached hydrogen (secondary N) is 1. The lowest BCUT2D eigenvalue weighted by molar-refractivity contribution is 0.0923. The SMILES string of the molecule is CCc1cccc2c(C(=O)COc3cccc(F)c3)c[nH]c12. The highest BCUT2D eigenvalue weighted by Gasteiger charge is 2.14.